The van der Waals surface area contributed by atoms with E-state index in [0.29, 0.717) is 11.5 Å². The molecule has 10 aromatic rings. The first-order chi connectivity index (χ1) is 22.3. The van der Waals surface area contributed by atoms with E-state index >= 15 is 0 Å². The predicted molar refractivity (Wildman–Crippen MR) is 182 cm³/mol. The number of rotatable bonds is 3. The first-order valence-electron chi connectivity index (χ1n) is 15.0. The van der Waals surface area contributed by atoms with Gasteiger partial charge in [-0.15, -0.1) is 0 Å². The SMILES string of the molecule is c1ccc(-c2nc(-c3cccc(-n4c5ccccc5c5cc6c(cc54)oc4ccccc46)c3)c3c(n2)oc2ccccc23)cc1. The second kappa shape index (κ2) is 9.15. The van der Waals surface area contributed by atoms with Gasteiger partial charge in [0.05, 0.1) is 22.1 Å². The van der Waals surface area contributed by atoms with Crippen molar-refractivity contribution in [3.8, 4) is 28.3 Å². The summed E-state index contributed by atoms with van der Waals surface area (Å²) in [6, 6.07) is 48.0. The summed E-state index contributed by atoms with van der Waals surface area (Å²) < 4.78 is 15.0. The van der Waals surface area contributed by atoms with E-state index in [2.05, 4.69) is 83.4 Å². The van der Waals surface area contributed by atoms with Gasteiger partial charge in [0, 0.05) is 49.8 Å². The first-order valence-corrected chi connectivity index (χ1v) is 15.0. The Hall–Kier alpha value is -6.20. The maximum absolute atomic E-state index is 6.34. The number of para-hydroxylation sites is 3. The molecule has 0 amide bonds. The molecule has 0 aliphatic heterocycles. The van der Waals surface area contributed by atoms with Crippen LogP contribution in [-0.4, -0.2) is 14.5 Å². The smallest absolute Gasteiger partial charge is 0.231 e. The minimum absolute atomic E-state index is 0.578. The van der Waals surface area contributed by atoms with Crippen LogP contribution >= 0.6 is 0 Å². The largest absolute Gasteiger partial charge is 0.456 e. The maximum atomic E-state index is 6.34. The molecule has 0 aliphatic carbocycles. The molecule has 10 rings (SSSR count). The number of aromatic nitrogens is 3. The van der Waals surface area contributed by atoms with Gasteiger partial charge in [-0.05, 0) is 36.4 Å². The van der Waals surface area contributed by atoms with Crippen LogP contribution in [0.2, 0.25) is 0 Å². The van der Waals surface area contributed by atoms with Crippen LogP contribution in [-0.2, 0) is 0 Å². The van der Waals surface area contributed by atoms with Crippen LogP contribution in [0.25, 0.3) is 94.1 Å². The van der Waals surface area contributed by atoms with Crippen molar-refractivity contribution in [2.24, 2.45) is 0 Å². The van der Waals surface area contributed by atoms with Crippen LogP contribution in [0.1, 0.15) is 0 Å². The molecule has 45 heavy (non-hydrogen) atoms. The van der Waals surface area contributed by atoms with Crippen LogP contribution in [0, 0.1) is 0 Å². The van der Waals surface area contributed by atoms with Crippen LogP contribution < -0.4 is 0 Å². The molecule has 0 saturated carbocycles. The van der Waals surface area contributed by atoms with E-state index in [1.54, 1.807) is 0 Å². The summed E-state index contributed by atoms with van der Waals surface area (Å²) in [6.45, 7) is 0. The van der Waals surface area contributed by atoms with Crippen molar-refractivity contribution in [1.29, 1.82) is 0 Å². The van der Waals surface area contributed by atoms with Crippen LogP contribution in [0.5, 0.6) is 0 Å². The van der Waals surface area contributed by atoms with Gasteiger partial charge in [0.15, 0.2) is 5.82 Å². The zero-order valence-electron chi connectivity index (χ0n) is 23.9. The van der Waals surface area contributed by atoms with Crippen LogP contribution in [0.15, 0.2) is 148 Å². The molecule has 6 aromatic carbocycles. The number of fused-ring (bicyclic) bond motifs is 9. The van der Waals surface area contributed by atoms with Crippen molar-refractivity contribution in [2.45, 2.75) is 0 Å². The van der Waals surface area contributed by atoms with Gasteiger partial charge in [-0.25, -0.2) is 4.98 Å². The summed E-state index contributed by atoms with van der Waals surface area (Å²) in [4.78, 5) is 10.1. The lowest BCUT2D eigenvalue weighted by atomic mass is 10.0. The van der Waals surface area contributed by atoms with Gasteiger partial charge >= 0.3 is 0 Å². The quantitative estimate of drug-likeness (QED) is 0.210. The van der Waals surface area contributed by atoms with Gasteiger partial charge < -0.3 is 13.4 Å². The molecule has 210 valence electrons. The fourth-order valence-corrected chi connectivity index (χ4v) is 6.81. The van der Waals surface area contributed by atoms with Crippen molar-refractivity contribution in [2.75, 3.05) is 0 Å². The Kier molecular flexibility index (Phi) is 4.93. The van der Waals surface area contributed by atoms with Crippen LogP contribution in [0.3, 0.4) is 0 Å². The fourth-order valence-electron chi connectivity index (χ4n) is 6.81. The number of nitrogens with zero attached hydrogens (tertiary/aromatic N) is 3. The second-order valence-corrected chi connectivity index (χ2v) is 11.4. The summed E-state index contributed by atoms with van der Waals surface area (Å²) in [6.07, 6.45) is 0. The molecule has 0 radical (unpaired) electrons. The Morgan fingerprint density at radius 2 is 1.16 bits per heavy atom. The second-order valence-electron chi connectivity index (χ2n) is 11.4. The average Bonchev–Trinajstić information content (AvgIpc) is 3.76. The molecule has 0 fully saturated rings. The lowest BCUT2D eigenvalue weighted by Crippen LogP contribution is -1.97. The highest BCUT2D eigenvalue weighted by molar-refractivity contribution is 6.17. The fraction of sp³-hybridized carbons (Fsp3) is 0. The van der Waals surface area contributed by atoms with Crippen molar-refractivity contribution >= 4 is 65.8 Å². The molecule has 0 spiro atoms. The zero-order chi connectivity index (χ0) is 29.5. The summed E-state index contributed by atoms with van der Waals surface area (Å²) in [7, 11) is 0. The highest BCUT2D eigenvalue weighted by Crippen LogP contribution is 2.40. The molecule has 0 aliphatic rings. The first kappa shape index (κ1) is 24.3. The Morgan fingerprint density at radius 1 is 0.444 bits per heavy atom. The van der Waals surface area contributed by atoms with E-state index in [9.17, 15) is 0 Å². The molecule has 5 heteroatoms. The molecular formula is C40H23N3O2. The monoisotopic (exact) mass is 577 g/mol. The van der Waals surface area contributed by atoms with E-state index in [1.165, 1.54) is 10.8 Å². The Bertz CT molecular complexity index is 2770. The maximum Gasteiger partial charge on any atom is 0.231 e. The summed E-state index contributed by atoms with van der Waals surface area (Å²) in [5.41, 5.74) is 9.16. The minimum Gasteiger partial charge on any atom is -0.456 e. The van der Waals surface area contributed by atoms with Gasteiger partial charge in [-0.3, -0.25) is 0 Å². The molecule has 4 aromatic heterocycles. The van der Waals surface area contributed by atoms with Gasteiger partial charge in [0.25, 0.3) is 0 Å². The summed E-state index contributed by atoms with van der Waals surface area (Å²) in [5.74, 6) is 0.631. The molecule has 0 unspecified atom stereocenters. The van der Waals surface area contributed by atoms with Crippen molar-refractivity contribution in [3.05, 3.63) is 140 Å². The molecule has 0 atom stereocenters. The van der Waals surface area contributed by atoms with E-state index in [-0.39, 0.29) is 0 Å². The molecule has 0 N–H and O–H groups in total. The predicted octanol–water partition coefficient (Wildman–Crippen LogP) is 10.7. The third-order valence-electron chi connectivity index (χ3n) is 8.82. The molecule has 0 saturated heterocycles. The molecule has 4 heterocycles. The van der Waals surface area contributed by atoms with Crippen molar-refractivity contribution in [1.82, 2.24) is 14.5 Å². The standard InChI is InChI=1S/C40H23N3O2/c1-2-11-24(12-3-1)39-41-38(37-29-17-6-9-20-35(29)45-40(37)42-39)25-13-10-14-26(21-25)43-32-18-7-4-15-27(32)30-22-31-28-16-5-8-19-34(28)44-36(31)23-33(30)43/h1-23H. The van der Waals surface area contributed by atoms with Gasteiger partial charge in [0.1, 0.15) is 16.7 Å². The number of hydrogen-bond acceptors (Lipinski definition) is 4. The number of benzene rings is 6. The van der Waals surface area contributed by atoms with Crippen molar-refractivity contribution in [3.63, 3.8) is 0 Å². The Labute approximate surface area is 256 Å². The van der Waals surface area contributed by atoms with Gasteiger partial charge in [-0.1, -0.05) is 97.1 Å². The van der Waals surface area contributed by atoms with Gasteiger partial charge in [-0.2, -0.15) is 4.98 Å². The van der Waals surface area contributed by atoms with E-state index in [1.807, 2.05) is 60.7 Å². The molecule has 5 nitrogen and oxygen atoms in total. The topological polar surface area (TPSA) is 57.0 Å². The summed E-state index contributed by atoms with van der Waals surface area (Å²) in [5, 5.41) is 6.54. The normalized spacial score (nSPS) is 12.0. The lowest BCUT2D eigenvalue weighted by molar-refractivity contribution is 0.653. The van der Waals surface area contributed by atoms with E-state index in [4.69, 9.17) is 18.8 Å². The Morgan fingerprint density at radius 3 is 2.02 bits per heavy atom. The Balaban J connectivity index is 1.26. The third kappa shape index (κ3) is 3.55. The highest BCUT2D eigenvalue weighted by atomic mass is 16.3. The van der Waals surface area contributed by atoms with Crippen LogP contribution in [0.4, 0.5) is 0 Å². The average molecular weight is 578 g/mol. The van der Waals surface area contributed by atoms with E-state index < -0.39 is 0 Å². The van der Waals surface area contributed by atoms with Crippen molar-refractivity contribution < 1.29 is 8.83 Å². The molecule has 0 bridgehead atoms. The lowest BCUT2D eigenvalue weighted by Gasteiger charge is -2.11. The third-order valence-corrected chi connectivity index (χ3v) is 8.82. The highest BCUT2D eigenvalue weighted by Gasteiger charge is 2.20. The van der Waals surface area contributed by atoms with Gasteiger partial charge in [0.2, 0.25) is 5.71 Å². The molecular weight excluding hydrogens is 554 g/mol. The van der Waals surface area contributed by atoms with E-state index in [0.717, 1.165) is 71.8 Å². The summed E-state index contributed by atoms with van der Waals surface area (Å²) >= 11 is 0. The number of furan rings is 2. The zero-order valence-corrected chi connectivity index (χ0v) is 23.9. The number of hydrogen-bond donors (Lipinski definition) is 0. The minimum atomic E-state index is 0.578.